The predicted molar refractivity (Wildman–Crippen MR) is 143 cm³/mol. The Kier molecular flexibility index (Phi) is 8.46. The van der Waals surface area contributed by atoms with Crippen LogP contribution >= 0.6 is 11.6 Å². The zero-order valence-corrected chi connectivity index (χ0v) is 21.9. The lowest BCUT2D eigenvalue weighted by atomic mass is 10.1. The quantitative estimate of drug-likeness (QED) is 0.344. The summed E-state index contributed by atoms with van der Waals surface area (Å²) in [6.45, 7) is 6.68. The fourth-order valence-electron chi connectivity index (χ4n) is 3.93. The van der Waals surface area contributed by atoms with Crippen molar-refractivity contribution >= 4 is 40.5 Å². The molecule has 1 amide bonds. The number of nitrogens with zero attached hydrogens (tertiary/aromatic N) is 4. The molecule has 0 radical (unpaired) electrons. The monoisotopic (exact) mass is 562 g/mol. The number of halogens is 4. The molecule has 2 N–H and O–H groups in total. The fraction of sp³-hybridized carbons (Fsp3) is 0.269. The van der Waals surface area contributed by atoms with E-state index in [1.54, 1.807) is 12.1 Å². The zero-order valence-electron chi connectivity index (χ0n) is 21.2. The highest BCUT2D eigenvalue weighted by atomic mass is 35.5. The van der Waals surface area contributed by atoms with Crippen molar-refractivity contribution < 1.29 is 27.4 Å². The summed E-state index contributed by atoms with van der Waals surface area (Å²) in [4.78, 5) is 24.8. The van der Waals surface area contributed by atoms with Crippen molar-refractivity contribution in [3.8, 4) is 17.4 Å². The highest BCUT2D eigenvalue weighted by molar-refractivity contribution is 6.31. The maximum absolute atomic E-state index is 13.4. The van der Waals surface area contributed by atoms with Crippen molar-refractivity contribution in [2.24, 2.45) is 0 Å². The van der Waals surface area contributed by atoms with E-state index in [2.05, 4.69) is 37.0 Å². The van der Waals surface area contributed by atoms with Gasteiger partial charge >= 0.3 is 6.18 Å². The Morgan fingerprint density at radius 1 is 1.13 bits per heavy atom. The van der Waals surface area contributed by atoms with Crippen LogP contribution in [0.4, 0.5) is 36.2 Å². The third kappa shape index (κ3) is 6.70. The second-order valence-electron chi connectivity index (χ2n) is 8.62. The highest BCUT2D eigenvalue weighted by Gasteiger charge is 2.34. The van der Waals surface area contributed by atoms with Crippen molar-refractivity contribution in [3.05, 3.63) is 65.8 Å². The number of carbonyl (C=O) groups is 1. The number of rotatable bonds is 8. The summed E-state index contributed by atoms with van der Waals surface area (Å²) < 4.78 is 51.3. The number of hydrogen-bond acceptors (Lipinski definition) is 8. The molecule has 1 aliphatic heterocycles. The van der Waals surface area contributed by atoms with Gasteiger partial charge in [0.25, 0.3) is 0 Å². The normalized spacial score (nSPS) is 14.1. The fourth-order valence-corrected chi connectivity index (χ4v) is 4.06. The first-order chi connectivity index (χ1) is 18.6. The minimum atomic E-state index is -4.64. The molecule has 9 nitrogen and oxygen atoms in total. The van der Waals surface area contributed by atoms with Gasteiger partial charge in [-0.15, -0.1) is 0 Å². The van der Waals surface area contributed by atoms with Crippen molar-refractivity contribution in [2.75, 3.05) is 55.9 Å². The van der Waals surface area contributed by atoms with Crippen LogP contribution in [0.1, 0.15) is 5.56 Å². The SMILES string of the molecule is C=CC(=O)Nc1cc(Nc2ncc(Cl)c(Oc3ccccc3C(F)(F)F)n2)c(OC)cc1N1CCN(C)CC1. The molecule has 206 valence electrons. The minimum Gasteiger partial charge on any atom is -0.494 e. The molecule has 3 aromatic rings. The molecule has 0 unspecified atom stereocenters. The summed E-state index contributed by atoms with van der Waals surface area (Å²) in [5, 5.41) is 5.71. The molecule has 1 saturated heterocycles. The number of likely N-dealkylation sites (N-methyl/N-ethyl adjacent to an activating group) is 1. The third-order valence-corrected chi connectivity index (χ3v) is 6.22. The van der Waals surface area contributed by atoms with Gasteiger partial charge in [-0.05, 0) is 31.3 Å². The van der Waals surface area contributed by atoms with E-state index in [0.717, 1.165) is 44.0 Å². The maximum Gasteiger partial charge on any atom is 0.419 e. The van der Waals surface area contributed by atoms with Crippen LogP contribution in [-0.4, -0.2) is 61.1 Å². The largest absolute Gasteiger partial charge is 0.494 e. The molecule has 39 heavy (non-hydrogen) atoms. The van der Waals surface area contributed by atoms with Gasteiger partial charge in [-0.3, -0.25) is 4.79 Å². The van der Waals surface area contributed by atoms with Gasteiger partial charge in [0.15, 0.2) is 0 Å². The van der Waals surface area contributed by atoms with E-state index in [1.807, 2.05) is 7.05 Å². The van der Waals surface area contributed by atoms with E-state index in [0.29, 0.717) is 17.1 Å². The first-order valence-electron chi connectivity index (χ1n) is 11.8. The third-order valence-electron chi connectivity index (χ3n) is 5.96. The topological polar surface area (TPSA) is 91.8 Å². The Balaban J connectivity index is 1.67. The molecule has 1 aliphatic rings. The molecular formula is C26H26ClF3N6O3. The van der Waals surface area contributed by atoms with Gasteiger partial charge in [0.1, 0.15) is 16.5 Å². The number of alkyl halides is 3. The molecule has 1 fully saturated rings. The molecule has 0 atom stereocenters. The van der Waals surface area contributed by atoms with Gasteiger partial charge in [-0.25, -0.2) is 4.98 Å². The molecule has 4 rings (SSSR count). The van der Waals surface area contributed by atoms with Crippen LogP contribution in [0.3, 0.4) is 0 Å². The molecule has 0 saturated carbocycles. The van der Waals surface area contributed by atoms with E-state index in [4.69, 9.17) is 21.1 Å². The number of piperazine rings is 1. The van der Waals surface area contributed by atoms with Crippen LogP contribution in [0.15, 0.2) is 55.3 Å². The number of methoxy groups -OCH3 is 1. The Morgan fingerprint density at radius 2 is 1.85 bits per heavy atom. The van der Waals surface area contributed by atoms with Gasteiger partial charge in [0.05, 0.1) is 35.9 Å². The van der Waals surface area contributed by atoms with E-state index in [1.165, 1.54) is 31.5 Å². The van der Waals surface area contributed by atoms with Crippen LogP contribution in [0, 0.1) is 0 Å². The Bertz CT molecular complexity index is 1360. The average molecular weight is 563 g/mol. The Hall–Kier alpha value is -4.03. The molecule has 0 aliphatic carbocycles. The number of benzene rings is 2. The van der Waals surface area contributed by atoms with Gasteiger partial charge in [-0.2, -0.15) is 18.2 Å². The van der Waals surface area contributed by atoms with E-state index < -0.39 is 23.4 Å². The smallest absolute Gasteiger partial charge is 0.419 e. The number of amides is 1. The van der Waals surface area contributed by atoms with Crippen LogP contribution in [0.25, 0.3) is 0 Å². The number of aromatic nitrogens is 2. The lowest BCUT2D eigenvalue weighted by molar-refractivity contribution is -0.138. The lowest BCUT2D eigenvalue weighted by Crippen LogP contribution is -2.44. The highest BCUT2D eigenvalue weighted by Crippen LogP contribution is 2.41. The number of ether oxygens (including phenoxy) is 2. The van der Waals surface area contributed by atoms with Crippen LogP contribution in [0.2, 0.25) is 5.02 Å². The average Bonchev–Trinajstić information content (AvgIpc) is 2.91. The summed E-state index contributed by atoms with van der Waals surface area (Å²) in [6, 6.07) is 8.17. The Labute approximate surface area is 228 Å². The van der Waals surface area contributed by atoms with Crippen LogP contribution in [0.5, 0.6) is 17.4 Å². The van der Waals surface area contributed by atoms with Gasteiger partial charge in [0, 0.05) is 32.2 Å². The van der Waals surface area contributed by atoms with E-state index >= 15 is 0 Å². The number of para-hydroxylation sites is 1. The first kappa shape index (κ1) is 28.0. The second-order valence-corrected chi connectivity index (χ2v) is 9.03. The Morgan fingerprint density at radius 3 is 2.51 bits per heavy atom. The van der Waals surface area contributed by atoms with Gasteiger partial charge < -0.3 is 29.9 Å². The van der Waals surface area contributed by atoms with Crippen LogP contribution in [-0.2, 0) is 11.0 Å². The summed E-state index contributed by atoms with van der Waals surface area (Å²) in [5.74, 6) is -0.739. The standard InChI is InChI=1S/C26H26ClF3N6O3/c1-4-23(37)32-18-13-19(22(38-3)14-20(18)36-11-9-35(2)10-12-36)33-25-31-15-17(27)24(34-25)39-21-8-6-5-7-16(21)26(28,29)30/h4-8,13-15H,1,9-12H2,2-3H3,(H,32,37)(H,31,33,34). The number of anilines is 4. The van der Waals surface area contributed by atoms with Crippen molar-refractivity contribution in [1.82, 2.24) is 14.9 Å². The number of nitrogens with one attached hydrogen (secondary N) is 2. The molecule has 0 spiro atoms. The summed E-state index contributed by atoms with van der Waals surface area (Å²) in [7, 11) is 3.53. The van der Waals surface area contributed by atoms with Crippen molar-refractivity contribution in [3.63, 3.8) is 0 Å². The molecular weight excluding hydrogens is 537 g/mol. The van der Waals surface area contributed by atoms with Crippen molar-refractivity contribution in [2.45, 2.75) is 6.18 Å². The molecule has 0 bridgehead atoms. The maximum atomic E-state index is 13.4. The molecule has 2 aromatic carbocycles. The first-order valence-corrected chi connectivity index (χ1v) is 12.2. The minimum absolute atomic E-state index is 0.0227. The number of carbonyl (C=O) groups excluding carboxylic acids is 1. The zero-order chi connectivity index (χ0) is 28.2. The number of hydrogen-bond donors (Lipinski definition) is 2. The summed E-state index contributed by atoms with van der Waals surface area (Å²) in [5.41, 5.74) is 0.666. The van der Waals surface area contributed by atoms with E-state index in [-0.39, 0.29) is 16.9 Å². The van der Waals surface area contributed by atoms with Gasteiger partial charge in [-0.1, -0.05) is 30.3 Å². The summed E-state index contributed by atoms with van der Waals surface area (Å²) >= 11 is 6.14. The molecule has 13 heteroatoms. The molecule has 2 heterocycles. The summed E-state index contributed by atoms with van der Waals surface area (Å²) in [6.07, 6.45) is -2.27. The van der Waals surface area contributed by atoms with Crippen molar-refractivity contribution in [1.29, 1.82) is 0 Å². The van der Waals surface area contributed by atoms with Crippen LogP contribution < -0.4 is 25.0 Å². The molecule has 1 aromatic heterocycles. The van der Waals surface area contributed by atoms with E-state index in [9.17, 15) is 18.0 Å². The second kappa shape index (κ2) is 11.8. The lowest BCUT2D eigenvalue weighted by Gasteiger charge is -2.35. The predicted octanol–water partition coefficient (Wildman–Crippen LogP) is 5.57. The van der Waals surface area contributed by atoms with Gasteiger partial charge in [0.2, 0.25) is 17.7 Å².